The van der Waals surface area contributed by atoms with Gasteiger partial charge in [-0.25, -0.2) is 9.13 Å². The Labute approximate surface area is 656 Å². The molecule has 0 aromatic heterocycles. The summed E-state index contributed by atoms with van der Waals surface area (Å²) in [5.41, 5.74) is 0. The van der Waals surface area contributed by atoms with Gasteiger partial charge in [-0.2, -0.15) is 0 Å². The lowest BCUT2D eigenvalue weighted by molar-refractivity contribution is -0.161. The second-order valence-corrected chi connectivity index (χ2v) is 30.5. The number of phosphoric ester groups is 2. The zero-order valence-corrected chi connectivity index (χ0v) is 69.5. The Morgan fingerprint density at radius 1 is 0.269 bits per heavy atom. The number of allylic oxidation sites excluding steroid dienone is 24. The molecule has 0 aliphatic heterocycles. The molecule has 0 fully saturated rings. The number of esters is 4. The van der Waals surface area contributed by atoms with Crippen molar-refractivity contribution in [1.82, 2.24) is 0 Å². The van der Waals surface area contributed by atoms with Crippen molar-refractivity contribution < 1.29 is 80.2 Å². The Bertz CT molecular complexity index is 2610. The van der Waals surface area contributed by atoms with Gasteiger partial charge in [-0.3, -0.25) is 37.3 Å². The predicted octanol–water partition coefficient (Wildman–Crippen LogP) is 25.0. The molecule has 618 valence electrons. The van der Waals surface area contributed by atoms with Crippen molar-refractivity contribution in [2.24, 2.45) is 0 Å². The van der Waals surface area contributed by atoms with Crippen LogP contribution in [0, 0.1) is 0 Å². The minimum absolute atomic E-state index is 0.0756. The molecule has 0 aliphatic carbocycles. The summed E-state index contributed by atoms with van der Waals surface area (Å²) in [5.74, 6) is -2.26. The smallest absolute Gasteiger partial charge is 0.462 e. The van der Waals surface area contributed by atoms with E-state index in [1.54, 1.807) is 0 Å². The topological polar surface area (TPSA) is 237 Å². The third-order valence-electron chi connectivity index (χ3n) is 17.3. The van der Waals surface area contributed by atoms with Crippen molar-refractivity contribution >= 4 is 39.5 Å². The van der Waals surface area contributed by atoms with Gasteiger partial charge in [0, 0.05) is 25.7 Å². The number of aliphatic hydroxyl groups excluding tert-OH is 1. The van der Waals surface area contributed by atoms with E-state index in [0.717, 1.165) is 186 Å². The summed E-state index contributed by atoms with van der Waals surface area (Å²) >= 11 is 0. The summed E-state index contributed by atoms with van der Waals surface area (Å²) in [6.45, 7) is 4.49. The molecule has 5 atom stereocenters. The Hall–Kier alpha value is -5.06. The number of phosphoric acid groups is 2. The van der Waals surface area contributed by atoms with Crippen LogP contribution in [0.2, 0.25) is 0 Å². The summed E-state index contributed by atoms with van der Waals surface area (Å²) < 4.78 is 68.7. The lowest BCUT2D eigenvalue weighted by atomic mass is 10.0. The molecule has 0 aliphatic rings. The minimum atomic E-state index is -5.00. The normalized spacial score (nSPS) is 14.5. The molecule has 5 unspecified atom stereocenters. The minimum Gasteiger partial charge on any atom is -0.462 e. The molecule has 0 spiro atoms. The van der Waals surface area contributed by atoms with Gasteiger partial charge >= 0.3 is 39.5 Å². The van der Waals surface area contributed by atoms with Gasteiger partial charge in [0.1, 0.15) is 19.3 Å². The van der Waals surface area contributed by atoms with E-state index in [-0.39, 0.29) is 25.7 Å². The van der Waals surface area contributed by atoms with Crippen molar-refractivity contribution in [3.05, 3.63) is 146 Å². The molecule has 3 N–H and O–H groups in total. The average Bonchev–Trinajstić information content (AvgIpc) is 0.906. The Balaban J connectivity index is 5.43. The summed E-state index contributed by atoms with van der Waals surface area (Å²) in [4.78, 5) is 73.2. The van der Waals surface area contributed by atoms with Crippen molar-refractivity contribution in [2.45, 2.75) is 354 Å². The number of hydrogen-bond acceptors (Lipinski definition) is 15. The number of rotatable bonds is 78. The zero-order valence-electron chi connectivity index (χ0n) is 67.7. The van der Waals surface area contributed by atoms with Crippen LogP contribution >= 0.6 is 15.6 Å². The van der Waals surface area contributed by atoms with E-state index in [2.05, 4.69) is 161 Å². The highest BCUT2D eigenvalue weighted by Crippen LogP contribution is 2.45. The first-order valence-corrected chi connectivity index (χ1v) is 45.1. The van der Waals surface area contributed by atoms with E-state index in [0.29, 0.717) is 32.1 Å². The van der Waals surface area contributed by atoms with Crippen molar-refractivity contribution in [2.75, 3.05) is 39.6 Å². The first-order chi connectivity index (χ1) is 52.7. The fraction of sp³-hybridized carbons (Fsp3) is 0.685. The molecule has 0 aromatic carbocycles. The van der Waals surface area contributed by atoms with Gasteiger partial charge in [0.2, 0.25) is 0 Å². The number of carbonyl (C=O) groups is 4. The van der Waals surface area contributed by atoms with Crippen molar-refractivity contribution in [1.29, 1.82) is 0 Å². The molecule has 108 heavy (non-hydrogen) atoms. The fourth-order valence-corrected chi connectivity index (χ4v) is 12.6. The summed E-state index contributed by atoms with van der Waals surface area (Å²) in [5, 5.41) is 10.7. The summed E-state index contributed by atoms with van der Waals surface area (Å²) in [7, 11) is -9.99. The van der Waals surface area contributed by atoms with Gasteiger partial charge in [0.05, 0.1) is 26.4 Å². The van der Waals surface area contributed by atoms with Crippen molar-refractivity contribution in [3.63, 3.8) is 0 Å². The Morgan fingerprint density at radius 2 is 0.491 bits per heavy atom. The first kappa shape index (κ1) is 103. The average molecular weight is 1550 g/mol. The van der Waals surface area contributed by atoms with E-state index in [4.69, 9.17) is 37.0 Å². The molecule has 0 bridgehead atoms. The van der Waals surface area contributed by atoms with Gasteiger partial charge in [-0.05, 0) is 135 Å². The number of unbranched alkanes of at least 4 members (excludes halogenated alkanes) is 28. The first-order valence-electron chi connectivity index (χ1n) is 42.1. The molecule has 0 heterocycles. The molecule has 17 nitrogen and oxygen atoms in total. The monoisotopic (exact) mass is 1550 g/mol. The summed E-state index contributed by atoms with van der Waals surface area (Å²) in [6.07, 6.45) is 92.4. The number of carbonyl (C=O) groups excluding carboxylic acids is 4. The third kappa shape index (κ3) is 79.0. The van der Waals surface area contributed by atoms with Gasteiger partial charge in [-0.15, -0.1) is 0 Å². The highest BCUT2D eigenvalue weighted by atomic mass is 31.2. The summed E-state index contributed by atoms with van der Waals surface area (Å²) in [6, 6.07) is 0. The van der Waals surface area contributed by atoms with E-state index in [1.165, 1.54) is 64.2 Å². The lowest BCUT2D eigenvalue weighted by Crippen LogP contribution is -2.30. The molecule has 0 aromatic rings. The van der Waals surface area contributed by atoms with Crippen LogP contribution in [0.25, 0.3) is 0 Å². The number of aliphatic hydroxyl groups is 1. The number of ether oxygens (including phenoxy) is 4. The van der Waals surface area contributed by atoms with E-state index >= 15 is 0 Å². The second kappa shape index (κ2) is 80.0. The Morgan fingerprint density at radius 3 is 0.778 bits per heavy atom. The van der Waals surface area contributed by atoms with Gasteiger partial charge < -0.3 is 33.8 Å². The lowest BCUT2D eigenvalue weighted by Gasteiger charge is -2.21. The maximum absolute atomic E-state index is 13.1. The van der Waals surface area contributed by atoms with Crippen LogP contribution < -0.4 is 0 Å². The molecular weight excluding hydrogens is 1400 g/mol. The molecule has 0 radical (unpaired) electrons. The molecular formula is C89H150O17P2. The highest BCUT2D eigenvalue weighted by Gasteiger charge is 2.30. The standard InChI is InChI=1S/C89H150O17P2/c1-5-9-13-17-21-25-29-33-37-40-41-44-47-50-54-58-62-66-70-74-87(92)100-80-85(106-89(94)76-72-68-64-60-56-52-48-43-39-35-31-27-23-19-15-11-7-3)82-104-108(97,98)102-78-83(90)77-101-107(95,96)103-81-84(105-88(93)75-71-67-63-59-55-51-45-36-32-28-24-20-16-12-8-4)79-99-86(91)73-69-65-61-57-53-49-46-42-38-34-30-26-22-18-14-10-6-2/h9-11,13-15,21-23,25-27,33-35,37-39,41,44,46,49,57,61,83-85,90H,5-8,12,16-20,24,28-32,36,40,42-43,45,47-48,50-56,58-60,62-82H2,1-4H3,(H,95,96)(H,97,98)/b13-9-,14-10-,15-11-,25-21-,26-22-,27-23-,37-33-,38-34-,39-35-,44-41-,49-46-,61-57-. The van der Waals surface area contributed by atoms with Crippen LogP contribution in [0.1, 0.15) is 336 Å². The van der Waals surface area contributed by atoms with Crippen LogP contribution in [0.15, 0.2) is 146 Å². The maximum atomic E-state index is 13.1. The van der Waals surface area contributed by atoms with Crippen LogP contribution in [-0.4, -0.2) is 96.7 Å². The Kier molecular flexibility index (Phi) is 76.3. The molecule has 0 rings (SSSR count). The van der Waals surface area contributed by atoms with Crippen LogP contribution in [0.5, 0.6) is 0 Å². The van der Waals surface area contributed by atoms with Crippen LogP contribution in [0.4, 0.5) is 0 Å². The van der Waals surface area contributed by atoms with Gasteiger partial charge in [0.25, 0.3) is 0 Å². The van der Waals surface area contributed by atoms with Crippen LogP contribution in [0.3, 0.4) is 0 Å². The fourth-order valence-electron chi connectivity index (χ4n) is 11.0. The van der Waals surface area contributed by atoms with Gasteiger partial charge in [0.15, 0.2) is 12.2 Å². The molecule has 19 heteroatoms. The van der Waals surface area contributed by atoms with Crippen molar-refractivity contribution in [3.8, 4) is 0 Å². The predicted molar refractivity (Wildman–Crippen MR) is 445 cm³/mol. The third-order valence-corrected chi connectivity index (χ3v) is 19.2. The molecule has 0 saturated carbocycles. The SMILES string of the molecule is CC/C=C\C/C=C\C/C=C\C/C=C\C/C=C\CCCC(=O)OCC(COP(=O)(O)OCC(O)COP(=O)(O)OCC(COC(=O)CCCCCCCC/C=C\C/C=C\C/C=C\C/C=C\CC)OC(=O)CCCCCCCCC/C=C\C/C=C\C/C=C\CC)OC(=O)CCCCCCCCCCCCCCCCC. The maximum Gasteiger partial charge on any atom is 0.472 e. The zero-order chi connectivity index (χ0) is 78.9. The van der Waals surface area contributed by atoms with E-state index in [9.17, 15) is 43.2 Å². The van der Waals surface area contributed by atoms with Gasteiger partial charge in [-0.1, -0.05) is 321 Å². The van der Waals surface area contributed by atoms with Crippen LogP contribution in [-0.2, 0) is 65.4 Å². The largest absolute Gasteiger partial charge is 0.472 e. The van der Waals surface area contributed by atoms with E-state index in [1.807, 2.05) is 12.2 Å². The number of hydrogen-bond donors (Lipinski definition) is 3. The highest BCUT2D eigenvalue weighted by molar-refractivity contribution is 7.47. The quantitative estimate of drug-likeness (QED) is 0.0169. The van der Waals surface area contributed by atoms with E-state index < -0.39 is 97.5 Å². The second-order valence-electron chi connectivity index (χ2n) is 27.6. The molecule has 0 saturated heterocycles. The molecule has 0 amide bonds.